The van der Waals surface area contributed by atoms with E-state index in [0.717, 1.165) is 18.7 Å². The molecule has 0 fully saturated rings. The number of halogens is 4. The average molecular weight is 417 g/mol. The number of benzene rings is 1. The summed E-state index contributed by atoms with van der Waals surface area (Å²) in [7, 11) is 0. The SMILES string of the molecule is OC(c1ccc(Cl)c(Cl)c1)c1cc(Br)c(Br)s1. The van der Waals surface area contributed by atoms with Crippen LogP contribution in [-0.2, 0) is 0 Å². The maximum absolute atomic E-state index is 10.2. The normalized spacial score (nSPS) is 12.8. The third kappa shape index (κ3) is 3.06. The van der Waals surface area contributed by atoms with Gasteiger partial charge in [-0.1, -0.05) is 29.3 Å². The number of hydrogen-bond acceptors (Lipinski definition) is 2. The van der Waals surface area contributed by atoms with E-state index in [9.17, 15) is 5.11 Å². The molecular weight excluding hydrogens is 411 g/mol. The quantitative estimate of drug-likeness (QED) is 0.669. The van der Waals surface area contributed by atoms with Gasteiger partial charge in [0.25, 0.3) is 0 Å². The molecule has 0 radical (unpaired) electrons. The Hall–Kier alpha value is 0.420. The Balaban J connectivity index is 2.36. The van der Waals surface area contributed by atoms with Crippen LogP contribution < -0.4 is 0 Å². The third-order valence-electron chi connectivity index (χ3n) is 2.19. The van der Waals surface area contributed by atoms with Gasteiger partial charge in [0.15, 0.2) is 0 Å². The molecule has 1 aromatic heterocycles. The summed E-state index contributed by atoms with van der Waals surface area (Å²) < 4.78 is 1.88. The predicted molar refractivity (Wildman–Crippen MR) is 80.2 cm³/mol. The largest absolute Gasteiger partial charge is 0.383 e. The zero-order valence-corrected chi connectivity index (χ0v) is 13.8. The first-order valence-corrected chi connectivity index (χ1v) is 7.72. The smallest absolute Gasteiger partial charge is 0.113 e. The van der Waals surface area contributed by atoms with E-state index in [4.69, 9.17) is 23.2 Å². The van der Waals surface area contributed by atoms with Crippen LogP contribution in [0.25, 0.3) is 0 Å². The van der Waals surface area contributed by atoms with Crippen molar-refractivity contribution < 1.29 is 5.11 Å². The van der Waals surface area contributed by atoms with Crippen molar-refractivity contribution in [2.75, 3.05) is 0 Å². The zero-order chi connectivity index (χ0) is 12.6. The molecule has 0 aliphatic carbocycles. The van der Waals surface area contributed by atoms with Gasteiger partial charge in [-0.25, -0.2) is 0 Å². The molecule has 2 rings (SSSR count). The van der Waals surface area contributed by atoms with E-state index in [-0.39, 0.29) is 0 Å². The molecule has 0 aliphatic heterocycles. The minimum Gasteiger partial charge on any atom is -0.383 e. The Morgan fingerprint density at radius 3 is 2.35 bits per heavy atom. The summed E-state index contributed by atoms with van der Waals surface area (Å²) in [5, 5.41) is 11.1. The molecule has 6 heteroatoms. The highest BCUT2D eigenvalue weighted by Crippen LogP contribution is 2.38. The van der Waals surface area contributed by atoms with Gasteiger partial charge < -0.3 is 5.11 Å². The first-order chi connectivity index (χ1) is 7.99. The van der Waals surface area contributed by atoms with E-state index >= 15 is 0 Å². The van der Waals surface area contributed by atoms with Crippen molar-refractivity contribution in [3.8, 4) is 0 Å². The lowest BCUT2D eigenvalue weighted by molar-refractivity contribution is 0.224. The second-order valence-corrected chi connectivity index (χ2v) is 7.42. The van der Waals surface area contributed by atoms with Crippen molar-refractivity contribution in [1.82, 2.24) is 0 Å². The van der Waals surface area contributed by atoms with E-state index < -0.39 is 6.10 Å². The van der Waals surface area contributed by atoms with Gasteiger partial charge in [-0.3, -0.25) is 0 Å². The van der Waals surface area contributed by atoms with E-state index in [1.165, 1.54) is 11.3 Å². The van der Waals surface area contributed by atoms with Crippen LogP contribution in [0.15, 0.2) is 32.5 Å². The zero-order valence-electron chi connectivity index (χ0n) is 8.25. The van der Waals surface area contributed by atoms with Gasteiger partial charge >= 0.3 is 0 Å². The van der Waals surface area contributed by atoms with Crippen LogP contribution in [-0.4, -0.2) is 5.11 Å². The van der Waals surface area contributed by atoms with Gasteiger partial charge in [-0.15, -0.1) is 11.3 Å². The minimum absolute atomic E-state index is 0.443. The molecule has 90 valence electrons. The summed E-state index contributed by atoms with van der Waals surface area (Å²) in [6.07, 6.45) is -0.697. The maximum Gasteiger partial charge on any atom is 0.113 e. The summed E-state index contributed by atoms with van der Waals surface area (Å²) in [5.41, 5.74) is 0.723. The highest BCUT2D eigenvalue weighted by molar-refractivity contribution is 9.13. The molecule has 0 saturated carbocycles. The van der Waals surface area contributed by atoms with Gasteiger partial charge in [-0.2, -0.15) is 0 Å². The predicted octanol–water partition coefficient (Wildman–Crippen LogP) is 5.66. The molecule has 0 aliphatic rings. The minimum atomic E-state index is -0.697. The second kappa shape index (κ2) is 5.59. The summed E-state index contributed by atoms with van der Waals surface area (Å²) in [6.45, 7) is 0. The molecule has 0 saturated heterocycles. The highest BCUT2D eigenvalue weighted by atomic mass is 79.9. The van der Waals surface area contributed by atoms with E-state index in [1.807, 2.05) is 6.07 Å². The fraction of sp³-hybridized carbons (Fsp3) is 0.0909. The van der Waals surface area contributed by atoms with Crippen LogP contribution in [0.3, 0.4) is 0 Å². The average Bonchev–Trinajstić information content (AvgIpc) is 2.62. The van der Waals surface area contributed by atoms with E-state index in [0.29, 0.717) is 10.0 Å². The first-order valence-electron chi connectivity index (χ1n) is 4.57. The van der Waals surface area contributed by atoms with Crippen LogP contribution in [0.4, 0.5) is 0 Å². The summed E-state index contributed by atoms with van der Waals surface area (Å²) >= 11 is 20.0. The van der Waals surface area contributed by atoms with Gasteiger partial charge in [0.05, 0.1) is 13.8 Å². The molecule has 1 N–H and O–H groups in total. The Labute approximate surface area is 130 Å². The molecule has 0 amide bonds. The molecule has 1 aromatic carbocycles. The molecule has 1 unspecified atom stereocenters. The maximum atomic E-state index is 10.2. The highest BCUT2D eigenvalue weighted by Gasteiger charge is 2.16. The Kier molecular flexibility index (Phi) is 4.55. The molecule has 1 atom stereocenters. The van der Waals surface area contributed by atoms with Crippen molar-refractivity contribution >= 4 is 66.4 Å². The fourth-order valence-electron chi connectivity index (χ4n) is 1.34. The number of thiophene rings is 1. The lowest BCUT2D eigenvalue weighted by Gasteiger charge is -2.09. The summed E-state index contributed by atoms with van der Waals surface area (Å²) in [4.78, 5) is 0.835. The summed E-state index contributed by atoms with van der Waals surface area (Å²) in [6, 6.07) is 7.00. The lowest BCUT2D eigenvalue weighted by atomic mass is 10.1. The number of hydrogen-bond donors (Lipinski definition) is 1. The lowest BCUT2D eigenvalue weighted by Crippen LogP contribution is -1.96. The van der Waals surface area contributed by atoms with Crippen LogP contribution >= 0.6 is 66.4 Å². The Morgan fingerprint density at radius 1 is 1.12 bits per heavy atom. The van der Waals surface area contributed by atoms with Gasteiger partial charge in [-0.05, 0) is 55.6 Å². The molecule has 0 bridgehead atoms. The van der Waals surface area contributed by atoms with Crippen molar-refractivity contribution in [2.45, 2.75) is 6.10 Å². The van der Waals surface area contributed by atoms with Crippen LogP contribution in [0.5, 0.6) is 0 Å². The number of aliphatic hydroxyl groups excluding tert-OH is 1. The molecule has 2 aromatic rings. The number of rotatable bonds is 2. The van der Waals surface area contributed by atoms with Crippen molar-refractivity contribution in [1.29, 1.82) is 0 Å². The molecule has 1 heterocycles. The van der Waals surface area contributed by atoms with Crippen LogP contribution in [0.1, 0.15) is 16.5 Å². The van der Waals surface area contributed by atoms with Gasteiger partial charge in [0.2, 0.25) is 0 Å². The van der Waals surface area contributed by atoms with Gasteiger partial charge in [0, 0.05) is 9.35 Å². The first kappa shape index (κ1) is 13.8. The van der Waals surface area contributed by atoms with Gasteiger partial charge in [0.1, 0.15) is 6.10 Å². The Bertz CT molecular complexity index is 537. The second-order valence-electron chi connectivity index (χ2n) is 3.35. The summed E-state index contributed by atoms with van der Waals surface area (Å²) in [5.74, 6) is 0. The van der Waals surface area contributed by atoms with Crippen LogP contribution in [0.2, 0.25) is 10.0 Å². The molecule has 0 spiro atoms. The van der Waals surface area contributed by atoms with E-state index in [1.54, 1.807) is 18.2 Å². The Morgan fingerprint density at radius 2 is 1.82 bits per heavy atom. The standard InChI is InChI=1S/C11H6Br2Cl2OS/c12-6-4-9(17-11(6)13)10(16)5-1-2-7(14)8(15)3-5/h1-4,10,16H. The number of aliphatic hydroxyl groups is 1. The van der Waals surface area contributed by atoms with Crippen LogP contribution in [0, 0.1) is 0 Å². The monoisotopic (exact) mass is 414 g/mol. The van der Waals surface area contributed by atoms with Crippen molar-refractivity contribution in [3.63, 3.8) is 0 Å². The fourth-order valence-corrected chi connectivity index (χ4v) is 3.76. The van der Waals surface area contributed by atoms with E-state index in [2.05, 4.69) is 31.9 Å². The third-order valence-corrected chi connectivity index (χ3v) is 6.24. The molecule has 1 nitrogen and oxygen atoms in total. The van der Waals surface area contributed by atoms with Crippen molar-refractivity contribution in [2.24, 2.45) is 0 Å². The molecule has 17 heavy (non-hydrogen) atoms. The molecular formula is C11H6Br2Cl2OS. The van der Waals surface area contributed by atoms with Crippen molar-refractivity contribution in [3.05, 3.63) is 53.0 Å². The topological polar surface area (TPSA) is 20.2 Å².